The van der Waals surface area contributed by atoms with Crippen molar-refractivity contribution in [2.24, 2.45) is 11.8 Å². The maximum Gasteiger partial charge on any atom is 0.273 e. The van der Waals surface area contributed by atoms with Gasteiger partial charge in [-0.3, -0.25) is 14.4 Å². The summed E-state index contributed by atoms with van der Waals surface area (Å²) in [6, 6.07) is 12.6. The summed E-state index contributed by atoms with van der Waals surface area (Å²) in [6.07, 6.45) is 0. The number of allylic oxidation sites excluding steroid dienone is 2. The average molecular weight is 648 g/mol. The fourth-order valence-corrected chi connectivity index (χ4v) is 8.23. The van der Waals surface area contributed by atoms with Crippen molar-refractivity contribution in [3.63, 3.8) is 0 Å². The number of carbonyl (C=O) groups is 3. The van der Waals surface area contributed by atoms with Crippen LogP contribution in [0.2, 0.25) is 10.0 Å². The second kappa shape index (κ2) is 8.82. The average Bonchev–Trinajstić information content (AvgIpc) is 3.22. The van der Waals surface area contributed by atoms with Gasteiger partial charge in [0.25, 0.3) is 17.7 Å². The lowest BCUT2D eigenvalue weighted by molar-refractivity contribution is -0.156. The molecule has 0 aromatic heterocycles. The Morgan fingerprint density at radius 2 is 1.31 bits per heavy atom. The monoisotopic (exact) mass is 644 g/mol. The predicted molar refractivity (Wildman–Crippen MR) is 142 cm³/mol. The van der Waals surface area contributed by atoms with Crippen LogP contribution in [0.1, 0.15) is 15.9 Å². The summed E-state index contributed by atoms with van der Waals surface area (Å²) in [7, 11) is 0. The smallest absolute Gasteiger partial charge is 0.272 e. The number of benzene rings is 2. The van der Waals surface area contributed by atoms with Gasteiger partial charge in [-0.05, 0) is 35.9 Å². The van der Waals surface area contributed by atoms with E-state index in [-0.39, 0.29) is 22.2 Å². The summed E-state index contributed by atoms with van der Waals surface area (Å²) in [5.74, 6) is -5.17. The Bertz CT molecular complexity index is 1320. The van der Waals surface area contributed by atoms with Crippen molar-refractivity contribution < 1.29 is 14.4 Å². The van der Waals surface area contributed by atoms with E-state index in [9.17, 15) is 14.4 Å². The zero-order chi connectivity index (χ0) is 26.4. The molecule has 13 heteroatoms. The zero-order valence-electron chi connectivity index (χ0n) is 17.6. The molecule has 0 radical (unpaired) electrons. The minimum atomic E-state index is -2.09. The molecule has 2 bridgehead atoms. The number of rotatable bonds is 4. The Kier molecular flexibility index (Phi) is 6.54. The lowest BCUT2D eigenvalue weighted by Crippen LogP contribution is -2.55. The standard InChI is InChI=1S/C23H12Cl8N2O3/c24-12-7-5-10(6-8-12)18(34)32(9-11-3-1-2-4-13(11)25)33-19(35)14-15(20(33)36)22(29)17(27)16(26)21(14,28)23(22,30)31/h1-8,14-15H,9H2/t14-,15-,21-,22-/m1/s1. The van der Waals surface area contributed by atoms with Gasteiger partial charge in [0.1, 0.15) is 9.75 Å². The number of nitrogens with zero attached hydrogens (tertiary/aromatic N) is 2. The first-order chi connectivity index (χ1) is 16.8. The van der Waals surface area contributed by atoms with Crippen molar-refractivity contribution in [1.29, 1.82) is 0 Å². The molecule has 0 N–H and O–H groups in total. The van der Waals surface area contributed by atoms with Crippen LogP contribution in [-0.4, -0.2) is 41.8 Å². The van der Waals surface area contributed by atoms with Gasteiger partial charge in [0.15, 0.2) is 4.33 Å². The third-order valence-corrected chi connectivity index (χ3v) is 11.6. The minimum absolute atomic E-state index is 0.159. The largest absolute Gasteiger partial charge is 0.273 e. The first kappa shape index (κ1) is 26.7. The molecule has 4 atom stereocenters. The molecule has 188 valence electrons. The van der Waals surface area contributed by atoms with Gasteiger partial charge in [0, 0.05) is 15.6 Å². The summed E-state index contributed by atoms with van der Waals surface area (Å²) >= 11 is 51.7. The Balaban J connectivity index is 1.63. The van der Waals surface area contributed by atoms with Crippen molar-refractivity contribution >= 4 is 111 Å². The van der Waals surface area contributed by atoms with Gasteiger partial charge >= 0.3 is 0 Å². The van der Waals surface area contributed by atoms with Gasteiger partial charge in [0.2, 0.25) is 0 Å². The highest BCUT2D eigenvalue weighted by Gasteiger charge is 2.88. The molecular formula is C23H12Cl8N2O3. The van der Waals surface area contributed by atoms with Crippen LogP contribution < -0.4 is 0 Å². The SMILES string of the molecule is O=C(c1ccc(Cl)cc1)N(Cc1ccccc1Cl)N1C(=O)[C@H]2[C@H](C1=O)[C@@]1(Cl)C(Cl)=C(Cl)[C@@]2(Cl)C1(Cl)Cl. The third kappa shape index (κ3) is 3.27. The molecule has 1 heterocycles. The topological polar surface area (TPSA) is 57.7 Å². The minimum Gasteiger partial charge on any atom is -0.272 e. The number of hydrazine groups is 1. The fraction of sp³-hybridized carbons (Fsp3) is 0.261. The van der Waals surface area contributed by atoms with E-state index in [4.69, 9.17) is 92.8 Å². The van der Waals surface area contributed by atoms with Gasteiger partial charge in [-0.25, -0.2) is 5.01 Å². The third-order valence-electron chi connectivity index (χ3n) is 6.73. The Hall–Kier alpha value is -0.890. The second-order valence-corrected chi connectivity index (χ2v) is 12.6. The summed E-state index contributed by atoms with van der Waals surface area (Å²) in [6.45, 7) is -0.232. The number of fused-ring (bicyclic) bond motifs is 5. The number of carbonyl (C=O) groups excluding carboxylic acids is 3. The molecule has 36 heavy (non-hydrogen) atoms. The van der Waals surface area contributed by atoms with E-state index in [1.807, 2.05) is 0 Å². The summed E-state index contributed by atoms with van der Waals surface area (Å²) < 4.78 is -2.09. The van der Waals surface area contributed by atoms with E-state index in [1.165, 1.54) is 24.3 Å². The number of amides is 3. The molecule has 0 unspecified atom stereocenters. The Morgan fingerprint density at radius 1 is 0.806 bits per heavy atom. The van der Waals surface area contributed by atoms with Gasteiger partial charge in [-0.2, -0.15) is 5.01 Å². The zero-order valence-corrected chi connectivity index (χ0v) is 23.7. The molecule has 1 saturated carbocycles. The van der Waals surface area contributed by atoms with E-state index in [0.717, 1.165) is 5.01 Å². The van der Waals surface area contributed by atoms with Gasteiger partial charge in [0.05, 0.1) is 28.4 Å². The molecule has 5 rings (SSSR count). The van der Waals surface area contributed by atoms with Crippen LogP contribution >= 0.6 is 92.8 Å². The lowest BCUT2D eigenvalue weighted by Gasteiger charge is -2.37. The van der Waals surface area contributed by atoms with Crippen LogP contribution in [0.5, 0.6) is 0 Å². The molecule has 2 aliphatic carbocycles. The maximum absolute atomic E-state index is 13.9. The molecule has 1 saturated heterocycles. The van der Waals surface area contributed by atoms with Crippen molar-refractivity contribution in [2.75, 3.05) is 0 Å². The van der Waals surface area contributed by atoms with Crippen molar-refractivity contribution in [3.8, 4) is 0 Å². The summed E-state index contributed by atoms with van der Waals surface area (Å²) in [5, 5.41) is 1.94. The van der Waals surface area contributed by atoms with Crippen LogP contribution in [0.25, 0.3) is 0 Å². The van der Waals surface area contributed by atoms with Gasteiger partial charge < -0.3 is 0 Å². The number of imide groups is 1. The first-order valence-corrected chi connectivity index (χ1v) is 13.3. The Morgan fingerprint density at radius 3 is 1.81 bits per heavy atom. The lowest BCUT2D eigenvalue weighted by atomic mass is 9.84. The molecule has 2 fully saturated rings. The van der Waals surface area contributed by atoms with Crippen molar-refractivity contribution in [2.45, 2.75) is 20.6 Å². The number of hydrogen-bond donors (Lipinski definition) is 0. The quantitative estimate of drug-likeness (QED) is 0.265. The molecule has 1 aliphatic heterocycles. The fourth-order valence-electron chi connectivity index (χ4n) is 4.98. The first-order valence-electron chi connectivity index (χ1n) is 10.3. The number of hydrogen-bond acceptors (Lipinski definition) is 3. The van der Waals surface area contributed by atoms with Crippen LogP contribution in [0.15, 0.2) is 58.6 Å². The summed E-state index contributed by atoms with van der Waals surface area (Å²) in [5.41, 5.74) is 0.632. The highest BCUT2D eigenvalue weighted by atomic mass is 35.5. The summed E-state index contributed by atoms with van der Waals surface area (Å²) in [4.78, 5) is 37.4. The molecule has 3 aliphatic rings. The maximum atomic E-state index is 13.9. The molecule has 5 nitrogen and oxygen atoms in total. The van der Waals surface area contributed by atoms with Crippen LogP contribution in [0.4, 0.5) is 0 Å². The highest BCUT2D eigenvalue weighted by molar-refractivity contribution is 6.66. The second-order valence-electron chi connectivity index (χ2n) is 8.53. The van der Waals surface area contributed by atoms with E-state index in [0.29, 0.717) is 20.6 Å². The van der Waals surface area contributed by atoms with E-state index < -0.39 is 43.6 Å². The molecule has 3 amide bonds. The van der Waals surface area contributed by atoms with Crippen LogP contribution in [0.3, 0.4) is 0 Å². The number of halogens is 8. The highest BCUT2D eigenvalue weighted by Crippen LogP contribution is 2.77. The molecule has 2 aromatic rings. The van der Waals surface area contributed by atoms with Crippen molar-refractivity contribution in [3.05, 3.63) is 79.8 Å². The predicted octanol–water partition coefficient (Wildman–Crippen LogP) is 7.00. The van der Waals surface area contributed by atoms with E-state index >= 15 is 0 Å². The van der Waals surface area contributed by atoms with Gasteiger partial charge in [-0.1, -0.05) is 87.8 Å². The van der Waals surface area contributed by atoms with E-state index in [1.54, 1.807) is 24.3 Å². The van der Waals surface area contributed by atoms with E-state index in [2.05, 4.69) is 0 Å². The molecule has 0 spiro atoms. The van der Waals surface area contributed by atoms with Crippen molar-refractivity contribution in [1.82, 2.24) is 10.0 Å². The number of alkyl halides is 4. The normalized spacial score (nSPS) is 30.3. The Labute approximate surface area is 245 Å². The van der Waals surface area contributed by atoms with Crippen LogP contribution in [-0.2, 0) is 16.1 Å². The van der Waals surface area contributed by atoms with Crippen LogP contribution in [0, 0.1) is 11.8 Å². The molecular weight excluding hydrogens is 636 g/mol. The molecule has 2 aromatic carbocycles. The van der Waals surface area contributed by atoms with Gasteiger partial charge in [-0.15, -0.1) is 23.2 Å².